The molecule has 0 aromatic heterocycles. The van der Waals surface area contributed by atoms with E-state index in [1.54, 1.807) is 6.07 Å². The number of hydrogen-bond acceptors (Lipinski definition) is 3. The lowest BCUT2D eigenvalue weighted by Gasteiger charge is -2.35. The number of piperidine rings is 1. The average molecular weight is 337 g/mol. The van der Waals surface area contributed by atoms with E-state index in [1.807, 2.05) is 19.9 Å². The van der Waals surface area contributed by atoms with Crippen LogP contribution in [0.15, 0.2) is 18.2 Å². The molecule has 2 atom stereocenters. The molecule has 0 saturated carbocycles. The van der Waals surface area contributed by atoms with E-state index in [0.29, 0.717) is 6.42 Å². The summed E-state index contributed by atoms with van der Waals surface area (Å²) in [4.78, 5) is 14.3. The van der Waals surface area contributed by atoms with E-state index in [1.165, 1.54) is 6.07 Å². The molecule has 2 unspecified atom stereocenters. The highest BCUT2D eigenvalue weighted by Gasteiger charge is 2.23. The maximum atomic E-state index is 13.3. The Morgan fingerprint density at radius 3 is 2.96 bits per heavy atom. The van der Waals surface area contributed by atoms with E-state index in [4.69, 9.17) is 5.11 Å². The van der Waals surface area contributed by atoms with Crippen molar-refractivity contribution in [1.29, 1.82) is 0 Å². The number of anilines is 1. The fourth-order valence-electron chi connectivity index (χ4n) is 3.23. The van der Waals surface area contributed by atoms with Crippen LogP contribution in [0.1, 0.15) is 38.2 Å². The minimum Gasteiger partial charge on any atom is -0.396 e. The van der Waals surface area contributed by atoms with Crippen LogP contribution in [0.5, 0.6) is 0 Å². The first-order valence-corrected chi connectivity index (χ1v) is 8.72. The van der Waals surface area contributed by atoms with Gasteiger partial charge in [-0.2, -0.15) is 0 Å². The number of amides is 2. The predicted octanol–water partition coefficient (Wildman–Crippen LogP) is 2.56. The van der Waals surface area contributed by atoms with Gasteiger partial charge in [0.15, 0.2) is 0 Å². The molecule has 1 saturated heterocycles. The van der Waals surface area contributed by atoms with Crippen molar-refractivity contribution in [1.82, 2.24) is 10.6 Å². The number of carbonyl (C=O) groups excluding carboxylic acids is 1. The quantitative estimate of drug-likeness (QED) is 0.747. The first-order valence-electron chi connectivity index (χ1n) is 8.72. The topological polar surface area (TPSA) is 64.6 Å². The normalized spacial score (nSPS) is 19.0. The summed E-state index contributed by atoms with van der Waals surface area (Å²) >= 11 is 0. The molecule has 1 fully saturated rings. The number of carbonyl (C=O) groups is 1. The molecule has 1 aromatic rings. The second kappa shape index (κ2) is 8.87. The van der Waals surface area contributed by atoms with Crippen molar-refractivity contribution >= 4 is 11.7 Å². The molecule has 5 nitrogen and oxygen atoms in total. The lowest BCUT2D eigenvalue weighted by Crippen LogP contribution is -2.52. The third-order valence-electron chi connectivity index (χ3n) is 4.56. The lowest BCUT2D eigenvalue weighted by atomic mass is 10.0. The Bertz CT molecular complexity index is 553. The SMILES string of the molecule is CCC(CCO)NC(=O)NC1CCCN(c2ccc(F)cc2C)C1. The molecule has 3 N–H and O–H groups in total. The molecule has 1 aromatic carbocycles. The lowest BCUT2D eigenvalue weighted by molar-refractivity contribution is 0.223. The molecule has 0 aliphatic carbocycles. The smallest absolute Gasteiger partial charge is 0.315 e. The minimum absolute atomic E-state index is 0.00552. The highest BCUT2D eigenvalue weighted by molar-refractivity contribution is 5.74. The number of urea groups is 1. The van der Waals surface area contributed by atoms with Crippen molar-refractivity contribution < 1.29 is 14.3 Å². The zero-order valence-corrected chi connectivity index (χ0v) is 14.5. The van der Waals surface area contributed by atoms with Crippen molar-refractivity contribution in [3.05, 3.63) is 29.6 Å². The molecule has 0 spiro atoms. The second-order valence-corrected chi connectivity index (χ2v) is 6.45. The summed E-state index contributed by atoms with van der Waals surface area (Å²) < 4.78 is 13.3. The van der Waals surface area contributed by atoms with Crippen molar-refractivity contribution in [2.45, 2.75) is 51.6 Å². The Kier molecular flexibility index (Phi) is 6.85. The summed E-state index contributed by atoms with van der Waals surface area (Å²) in [5.74, 6) is -0.225. The first-order chi connectivity index (χ1) is 11.5. The molecule has 0 radical (unpaired) electrons. The van der Waals surface area contributed by atoms with Gasteiger partial charge in [-0.3, -0.25) is 0 Å². The third kappa shape index (κ3) is 5.09. The Balaban J connectivity index is 1.92. The minimum atomic E-state index is -0.225. The van der Waals surface area contributed by atoms with Crippen molar-refractivity contribution in [3.63, 3.8) is 0 Å². The number of aliphatic hydroxyl groups excluding tert-OH is 1. The number of aliphatic hydroxyl groups is 1. The summed E-state index contributed by atoms with van der Waals surface area (Å²) in [7, 11) is 0. The molecular weight excluding hydrogens is 309 g/mol. The molecular formula is C18H28FN3O2. The maximum absolute atomic E-state index is 13.3. The van der Waals surface area contributed by atoms with Gasteiger partial charge in [0.2, 0.25) is 0 Å². The van der Waals surface area contributed by atoms with E-state index < -0.39 is 0 Å². The van der Waals surface area contributed by atoms with Crippen LogP contribution in [-0.2, 0) is 0 Å². The fourth-order valence-corrected chi connectivity index (χ4v) is 3.23. The summed E-state index contributed by atoms with van der Waals surface area (Å²) in [6.07, 6.45) is 3.27. The van der Waals surface area contributed by atoms with Gasteiger partial charge in [0.25, 0.3) is 0 Å². The zero-order chi connectivity index (χ0) is 17.5. The van der Waals surface area contributed by atoms with E-state index in [9.17, 15) is 9.18 Å². The molecule has 1 aliphatic heterocycles. The maximum Gasteiger partial charge on any atom is 0.315 e. The summed E-state index contributed by atoms with van der Waals surface area (Å²) in [5, 5.41) is 14.9. The molecule has 134 valence electrons. The second-order valence-electron chi connectivity index (χ2n) is 6.45. The monoisotopic (exact) mass is 337 g/mol. The largest absolute Gasteiger partial charge is 0.396 e. The Morgan fingerprint density at radius 2 is 2.29 bits per heavy atom. The van der Waals surface area contributed by atoms with E-state index in [2.05, 4.69) is 15.5 Å². The molecule has 6 heteroatoms. The van der Waals surface area contributed by atoms with Crippen molar-refractivity contribution in [3.8, 4) is 0 Å². The van der Waals surface area contributed by atoms with Gasteiger partial charge in [-0.15, -0.1) is 0 Å². The summed E-state index contributed by atoms with van der Waals surface area (Å²) in [6, 6.07) is 4.70. The van der Waals surface area contributed by atoms with E-state index in [0.717, 1.165) is 43.6 Å². The van der Waals surface area contributed by atoms with Crippen LogP contribution in [0.2, 0.25) is 0 Å². The zero-order valence-electron chi connectivity index (χ0n) is 14.5. The predicted molar refractivity (Wildman–Crippen MR) is 93.8 cm³/mol. The average Bonchev–Trinajstić information content (AvgIpc) is 2.54. The number of halogens is 1. The van der Waals surface area contributed by atoms with Crippen LogP contribution in [0, 0.1) is 12.7 Å². The number of nitrogens with zero attached hydrogens (tertiary/aromatic N) is 1. The Morgan fingerprint density at radius 1 is 1.50 bits per heavy atom. The van der Waals surface area contributed by atoms with Gasteiger partial charge in [-0.1, -0.05) is 6.92 Å². The van der Waals surface area contributed by atoms with Gasteiger partial charge in [0.05, 0.1) is 0 Å². The molecule has 24 heavy (non-hydrogen) atoms. The third-order valence-corrected chi connectivity index (χ3v) is 4.56. The van der Waals surface area contributed by atoms with Crippen LogP contribution in [0.25, 0.3) is 0 Å². The molecule has 1 heterocycles. The number of hydrogen-bond donors (Lipinski definition) is 3. The van der Waals surface area contributed by atoms with Gasteiger partial charge in [-0.25, -0.2) is 9.18 Å². The highest BCUT2D eigenvalue weighted by Crippen LogP contribution is 2.24. The van der Waals surface area contributed by atoms with E-state index in [-0.39, 0.29) is 30.5 Å². The Labute approximate surface area is 143 Å². The Hall–Kier alpha value is -1.82. The van der Waals surface area contributed by atoms with Crippen LogP contribution >= 0.6 is 0 Å². The van der Waals surface area contributed by atoms with Crippen LogP contribution in [0.4, 0.5) is 14.9 Å². The highest BCUT2D eigenvalue weighted by atomic mass is 19.1. The number of benzene rings is 1. The number of rotatable bonds is 6. The number of aryl methyl sites for hydroxylation is 1. The molecule has 1 aliphatic rings. The molecule has 0 bridgehead atoms. The molecule has 2 rings (SSSR count). The van der Waals surface area contributed by atoms with Gasteiger partial charge >= 0.3 is 6.03 Å². The van der Waals surface area contributed by atoms with E-state index >= 15 is 0 Å². The van der Waals surface area contributed by atoms with Crippen LogP contribution in [0.3, 0.4) is 0 Å². The van der Waals surface area contributed by atoms with Crippen LogP contribution in [-0.4, -0.2) is 42.9 Å². The van der Waals surface area contributed by atoms with Crippen molar-refractivity contribution in [2.24, 2.45) is 0 Å². The summed E-state index contributed by atoms with van der Waals surface area (Å²) in [6.45, 7) is 5.59. The first kappa shape index (κ1) is 18.5. The van der Waals surface area contributed by atoms with Crippen molar-refractivity contribution in [2.75, 3.05) is 24.6 Å². The standard InChI is InChI=1S/C18H28FN3O2/c1-3-15(8-10-23)20-18(24)21-16-5-4-9-22(12-16)17-7-6-14(19)11-13(17)2/h6-7,11,15-16,23H,3-5,8-10,12H2,1-2H3,(H2,20,21,24). The number of nitrogens with one attached hydrogen (secondary N) is 2. The van der Waals surface area contributed by atoms with Gasteiger partial charge in [-0.05, 0) is 56.4 Å². The van der Waals surface area contributed by atoms with Crippen LogP contribution < -0.4 is 15.5 Å². The van der Waals surface area contributed by atoms with Gasteiger partial charge in [0, 0.05) is 37.5 Å². The van der Waals surface area contributed by atoms with Gasteiger partial charge < -0.3 is 20.6 Å². The summed E-state index contributed by atoms with van der Waals surface area (Å²) in [5.41, 5.74) is 1.93. The molecule has 2 amide bonds. The van der Waals surface area contributed by atoms with Gasteiger partial charge in [0.1, 0.15) is 5.82 Å². The fraction of sp³-hybridized carbons (Fsp3) is 0.611.